The zero-order chi connectivity index (χ0) is 13.0. The molecule has 17 heavy (non-hydrogen) atoms. The molecule has 0 atom stereocenters. The van der Waals surface area contributed by atoms with Gasteiger partial charge in [-0.1, -0.05) is 23.3 Å². The van der Waals surface area contributed by atoms with Crippen molar-refractivity contribution in [1.82, 2.24) is 0 Å². The topological polar surface area (TPSA) is 29.5 Å². The Morgan fingerprint density at radius 3 is 2.29 bits per heavy atom. The lowest BCUT2D eigenvalue weighted by Crippen LogP contribution is -1.89. The van der Waals surface area contributed by atoms with Crippen molar-refractivity contribution >= 4 is 5.57 Å². The molecule has 0 aliphatic rings. The van der Waals surface area contributed by atoms with Crippen molar-refractivity contribution in [3.63, 3.8) is 0 Å². The highest BCUT2D eigenvalue weighted by molar-refractivity contribution is 5.77. The number of phenolic OH excluding ortho intramolecular Hbond substituents is 1. The Kier molecular flexibility index (Phi) is 4.38. The quantitative estimate of drug-likeness (QED) is 0.793. The van der Waals surface area contributed by atoms with Crippen molar-refractivity contribution in [2.24, 2.45) is 0 Å². The van der Waals surface area contributed by atoms with Gasteiger partial charge in [0, 0.05) is 0 Å². The summed E-state index contributed by atoms with van der Waals surface area (Å²) < 4.78 is 5.13. The van der Waals surface area contributed by atoms with E-state index in [9.17, 15) is 5.11 Å². The van der Waals surface area contributed by atoms with E-state index in [0.717, 1.165) is 5.56 Å². The van der Waals surface area contributed by atoms with Crippen LogP contribution in [0.3, 0.4) is 0 Å². The Morgan fingerprint density at radius 2 is 1.82 bits per heavy atom. The third kappa shape index (κ3) is 3.38. The molecule has 0 aromatic heterocycles. The van der Waals surface area contributed by atoms with Gasteiger partial charge >= 0.3 is 0 Å². The van der Waals surface area contributed by atoms with E-state index < -0.39 is 0 Å². The molecule has 0 aliphatic carbocycles. The summed E-state index contributed by atoms with van der Waals surface area (Å²) in [5.74, 6) is 0.671. The second-order valence-corrected chi connectivity index (χ2v) is 4.52. The van der Waals surface area contributed by atoms with E-state index in [1.807, 2.05) is 12.1 Å². The van der Waals surface area contributed by atoms with E-state index in [4.69, 9.17) is 4.74 Å². The van der Waals surface area contributed by atoms with Crippen molar-refractivity contribution in [3.05, 3.63) is 41.0 Å². The zero-order valence-corrected chi connectivity index (χ0v) is 11.2. The molecule has 1 rings (SSSR count). The maximum absolute atomic E-state index is 9.58. The number of hydrogen-bond donors (Lipinski definition) is 1. The standard InChI is InChI=1S/C15H20O2/c1-10(2)8-13(11(3)4)12-6-7-14(16)15(9-12)17-5/h6-9,16H,1-5H3. The molecule has 0 unspecified atom stereocenters. The van der Waals surface area contributed by atoms with Crippen LogP contribution in [0, 0.1) is 0 Å². The highest BCUT2D eigenvalue weighted by Crippen LogP contribution is 2.31. The van der Waals surface area contributed by atoms with Crippen LogP contribution in [-0.2, 0) is 0 Å². The molecule has 2 nitrogen and oxygen atoms in total. The number of ether oxygens (including phenoxy) is 1. The van der Waals surface area contributed by atoms with Crippen LogP contribution in [0.15, 0.2) is 35.4 Å². The molecule has 0 radical (unpaired) electrons. The molecular formula is C15H20O2. The van der Waals surface area contributed by atoms with Gasteiger partial charge in [-0.2, -0.15) is 0 Å². The van der Waals surface area contributed by atoms with Gasteiger partial charge in [0.05, 0.1) is 7.11 Å². The lowest BCUT2D eigenvalue weighted by atomic mass is 9.99. The van der Waals surface area contributed by atoms with Crippen LogP contribution >= 0.6 is 0 Å². The molecule has 1 aromatic carbocycles. The largest absolute Gasteiger partial charge is 0.504 e. The highest BCUT2D eigenvalue weighted by Gasteiger charge is 2.06. The maximum Gasteiger partial charge on any atom is 0.161 e. The van der Waals surface area contributed by atoms with E-state index in [-0.39, 0.29) is 5.75 Å². The number of allylic oxidation sites excluding steroid dienone is 4. The number of hydrogen-bond acceptors (Lipinski definition) is 2. The first-order chi connectivity index (χ1) is 7.95. The van der Waals surface area contributed by atoms with Gasteiger partial charge in [0.2, 0.25) is 0 Å². The molecule has 0 bridgehead atoms. The summed E-state index contributed by atoms with van der Waals surface area (Å²) in [7, 11) is 1.56. The summed E-state index contributed by atoms with van der Waals surface area (Å²) >= 11 is 0. The third-order valence-electron chi connectivity index (χ3n) is 2.46. The van der Waals surface area contributed by atoms with Crippen LogP contribution in [-0.4, -0.2) is 12.2 Å². The minimum absolute atomic E-state index is 0.168. The molecule has 0 spiro atoms. The van der Waals surface area contributed by atoms with Crippen LogP contribution in [0.2, 0.25) is 0 Å². The number of phenols is 1. The SMILES string of the molecule is COc1cc(C(C=C(C)C)=C(C)C)ccc1O. The number of methoxy groups -OCH3 is 1. The van der Waals surface area contributed by atoms with Crippen molar-refractivity contribution in [2.75, 3.05) is 7.11 Å². The average molecular weight is 232 g/mol. The first kappa shape index (κ1) is 13.4. The smallest absolute Gasteiger partial charge is 0.161 e. The monoisotopic (exact) mass is 232 g/mol. The van der Waals surface area contributed by atoms with Crippen molar-refractivity contribution < 1.29 is 9.84 Å². The van der Waals surface area contributed by atoms with E-state index in [1.165, 1.54) is 16.7 Å². The van der Waals surface area contributed by atoms with Crippen LogP contribution < -0.4 is 4.74 Å². The number of rotatable bonds is 3. The van der Waals surface area contributed by atoms with Crippen molar-refractivity contribution in [3.8, 4) is 11.5 Å². The van der Waals surface area contributed by atoms with Gasteiger partial charge in [0.15, 0.2) is 11.5 Å². The molecule has 0 aliphatic heterocycles. The van der Waals surface area contributed by atoms with Crippen LogP contribution in [0.5, 0.6) is 11.5 Å². The van der Waals surface area contributed by atoms with E-state index in [1.54, 1.807) is 13.2 Å². The molecule has 0 saturated heterocycles. The molecule has 92 valence electrons. The summed E-state index contributed by atoms with van der Waals surface area (Å²) in [5.41, 5.74) is 4.70. The Balaban J connectivity index is 3.31. The molecular weight excluding hydrogens is 212 g/mol. The van der Waals surface area contributed by atoms with Gasteiger partial charge in [-0.15, -0.1) is 0 Å². The number of aromatic hydroxyl groups is 1. The fourth-order valence-electron chi connectivity index (χ4n) is 1.65. The Labute approximate surface area is 103 Å². The minimum atomic E-state index is 0.168. The first-order valence-electron chi connectivity index (χ1n) is 5.65. The van der Waals surface area contributed by atoms with Gasteiger partial charge < -0.3 is 9.84 Å². The zero-order valence-electron chi connectivity index (χ0n) is 11.2. The molecule has 0 saturated carbocycles. The van der Waals surface area contributed by atoms with Gasteiger partial charge in [0.1, 0.15) is 0 Å². The van der Waals surface area contributed by atoms with Gasteiger partial charge in [-0.05, 0) is 51.0 Å². The molecule has 2 heteroatoms. The Hall–Kier alpha value is -1.70. The average Bonchev–Trinajstić information content (AvgIpc) is 2.26. The molecule has 0 fully saturated rings. The maximum atomic E-state index is 9.58. The van der Waals surface area contributed by atoms with E-state index in [2.05, 4.69) is 33.8 Å². The summed E-state index contributed by atoms with van der Waals surface area (Å²) in [4.78, 5) is 0. The van der Waals surface area contributed by atoms with Gasteiger partial charge in [0.25, 0.3) is 0 Å². The van der Waals surface area contributed by atoms with E-state index in [0.29, 0.717) is 5.75 Å². The lowest BCUT2D eigenvalue weighted by Gasteiger charge is -2.10. The minimum Gasteiger partial charge on any atom is -0.504 e. The summed E-state index contributed by atoms with van der Waals surface area (Å²) in [6.45, 7) is 8.30. The lowest BCUT2D eigenvalue weighted by molar-refractivity contribution is 0.373. The summed E-state index contributed by atoms with van der Waals surface area (Å²) in [6, 6.07) is 5.42. The normalized spacial score (nSPS) is 9.71. The summed E-state index contributed by atoms with van der Waals surface area (Å²) in [5, 5.41) is 9.58. The number of benzene rings is 1. The highest BCUT2D eigenvalue weighted by atomic mass is 16.5. The first-order valence-corrected chi connectivity index (χ1v) is 5.65. The third-order valence-corrected chi connectivity index (χ3v) is 2.46. The predicted octanol–water partition coefficient (Wildman–Crippen LogP) is 4.16. The Morgan fingerprint density at radius 1 is 1.18 bits per heavy atom. The summed E-state index contributed by atoms with van der Waals surface area (Å²) in [6.07, 6.45) is 2.14. The van der Waals surface area contributed by atoms with Crippen LogP contribution in [0.4, 0.5) is 0 Å². The molecule has 0 amide bonds. The van der Waals surface area contributed by atoms with Gasteiger partial charge in [-0.25, -0.2) is 0 Å². The fraction of sp³-hybridized carbons (Fsp3) is 0.333. The molecule has 1 aromatic rings. The van der Waals surface area contributed by atoms with E-state index >= 15 is 0 Å². The van der Waals surface area contributed by atoms with Crippen molar-refractivity contribution in [1.29, 1.82) is 0 Å². The van der Waals surface area contributed by atoms with Crippen LogP contribution in [0.1, 0.15) is 33.3 Å². The second-order valence-electron chi connectivity index (χ2n) is 4.52. The second kappa shape index (κ2) is 5.58. The predicted molar refractivity (Wildman–Crippen MR) is 72.4 cm³/mol. The van der Waals surface area contributed by atoms with Crippen molar-refractivity contribution in [2.45, 2.75) is 27.7 Å². The Bertz CT molecular complexity index is 460. The van der Waals surface area contributed by atoms with Gasteiger partial charge in [-0.3, -0.25) is 0 Å². The molecule has 1 N–H and O–H groups in total. The fourth-order valence-corrected chi connectivity index (χ4v) is 1.65. The molecule has 0 heterocycles. The van der Waals surface area contributed by atoms with Crippen LogP contribution in [0.25, 0.3) is 5.57 Å².